The summed E-state index contributed by atoms with van der Waals surface area (Å²) in [5.41, 5.74) is 3.42. The van der Waals surface area contributed by atoms with Crippen LogP contribution in [0.1, 0.15) is 5.56 Å². The molecule has 0 aliphatic carbocycles. The summed E-state index contributed by atoms with van der Waals surface area (Å²) in [5, 5.41) is 3.24. The van der Waals surface area contributed by atoms with E-state index in [4.69, 9.17) is 4.74 Å². The van der Waals surface area contributed by atoms with Crippen molar-refractivity contribution in [2.24, 2.45) is 0 Å². The molecule has 0 aliphatic rings. The average Bonchev–Trinajstić information content (AvgIpc) is 2.53. The smallest absolute Gasteiger partial charge is 0.165 e. The van der Waals surface area contributed by atoms with Crippen LogP contribution in [0.5, 0.6) is 5.75 Å². The van der Waals surface area contributed by atoms with Gasteiger partial charge in [-0.2, -0.15) is 0 Å². The molecule has 0 spiro atoms. The Bertz CT molecular complexity index is 776. The second-order valence-electron chi connectivity index (χ2n) is 4.58. The van der Waals surface area contributed by atoms with E-state index in [9.17, 15) is 4.39 Å². The number of anilines is 1. The quantitative estimate of drug-likeness (QED) is 0.797. The number of methoxy groups -OCH3 is 1. The molecule has 0 aliphatic heterocycles. The maximum atomic E-state index is 13.6. The highest BCUT2D eigenvalue weighted by atomic mass is 19.1. The van der Waals surface area contributed by atoms with Gasteiger partial charge in [0.2, 0.25) is 0 Å². The summed E-state index contributed by atoms with van der Waals surface area (Å²) < 4.78 is 18.5. The highest BCUT2D eigenvalue weighted by molar-refractivity contribution is 5.78. The van der Waals surface area contributed by atoms with E-state index < -0.39 is 0 Å². The minimum Gasteiger partial charge on any atom is -0.494 e. The predicted octanol–water partition coefficient (Wildman–Crippen LogP) is 3.39. The van der Waals surface area contributed by atoms with Crippen LogP contribution in [0, 0.1) is 5.82 Å². The van der Waals surface area contributed by atoms with E-state index in [1.54, 1.807) is 18.5 Å². The van der Waals surface area contributed by atoms with Crippen molar-refractivity contribution in [3.05, 3.63) is 60.2 Å². The molecule has 2 aromatic carbocycles. The van der Waals surface area contributed by atoms with Gasteiger partial charge in [0.15, 0.2) is 11.6 Å². The van der Waals surface area contributed by atoms with Crippen molar-refractivity contribution in [2.75, 3.05) is 12.4 Å². The maximum absolute atomic E-state index is 13.6. The Morgan fingerprint density at radius 1 is 1.05 bits per heavy atom. The van der Waals surface area contributed by atoms with Gasteiger partial charge in [-0.25, -0.2) is 4.39 Å². The lowest BCUT2D eigenvalue weighted by atomic mass is 10.2. The van der Waals surface area contributed by atoms with Crippen LogP contribution >= 0.6 is 0 Å². The molecular weight excluding hydrogens is 269 g/mol. The number of hydrogen-bond acceptors (Lipinski definition) is 4. The number of rotatable bonds is 4. The molecule has 5 heteroatoms. The van der Waals surface area contributed by atoms with Gasteiger partial charge in [0.05, 0.1) is 18.1 Å². The van der Waals surface area contributed by atoms with Gasteiger partial charge >= 0.3 is 0 Å². The first kappa shape index (κ1) is 13.3. The van der Waals surface area contributed by atoms with Gasteiger partial charge in [0.25, 0.3) is 0 Å². The standard InChI is InChI=1S/C16H14FN3O/c1-21-16-5-2-11(8-13(16)17)10-20-12-3-4-14-15(9-12)19-7-6-18-14/h2-9,20H,10H2,1H3. The molecule has 4 nitrogen and oxygen atoms in total. The van der Waals surface area contributed by atoms with Crippen molar-refractivity contribution in [3.63, 3.8) is 0 Å². The average molecular weight is 283 g/mol. The van der Waals surface area contributed by atoms with Crippen molar-refractivity contribution in [1.29, 1.82) is 0 Å². The highest BCUT2D eigenvalue weighted by Crippen LogP contribution is 2.19. The van der Waals surface area contributed by atoms with Crippen LogP contribution in [-0.4, -0.2) is 17.1 Å². The molecule has 106 valence electrons. The number of fused-ring (bicyclic) bond motifs is 1. The molecule has 3 aromatic rings. The summed E-state index contributed by atoms with van der Waals surface area (Å²) in [6.07, 6.45) is 3.32. The molecule has 1 N–H and O–H groups in total. The molecule has 3 rings (SSSR count). The fraction of sp³-hybridized carbons (Fsp3) is 0.125. The number of hydrogen-bond donors (Lipinski definition) is 1. The molecule has 0 saturated carbocycles. The fourth-order valence-electron chi connectivity index (χ4n) is 2.10. The second-order valence-corrected chi connectivity index (χ2v) is 4.58. The van der Waals surface area contributed by atoms with E-state index in [1.165, 1.54) is 13.2 Å². The Kier molecular flexibility index (Phi) is 3.64. The lowest BCUT2D eigenvalue weighted by molar-refractivity contribution is 0.386. The van der Waals surface area contributed by atoms with Gasteiger partial charge < -0.3 is 10.1 Å². The summed E-state index contributed by atoms with van der Waals surface area (Å²) in [6.45, 7) is 0.521. The van der Waals surface area contributed by atoms with Crippen molar-refractivity contribution in [2.45, 2.75) is 6.54 Å². The molecule has 0 amide bonds. The van der Waals surface area contributed by atoms with Gasteiger partial charge in [-0.15, -0.1) is 0 Å². The van der Waals surface area contributed by atoms with Gasteiger partial charge in [-0.05, 0) is 35.9 Å². The van der Waals surface area contributed by atoms with E-state index in [-0.39, 0.29) is 11.6 Å². The Morgan fingerprint density at radius 2 is 1.86 bits per heavy atom. The monoisotopic (exact) mass is 283 g/mol. The summed E-state index contributed by atoms with van der Waals surface area (Å²) in [6, 6.07) is 10.7. The largest absolute Gasteiger partial charge is 0.494 e. The third kappa shape index (κ3) is 2.91. The molecule has 1 heterocycles. The number of aromatic nitrogens is 2. The molecule has 0 unspecified atom stereocenters. The third-order valence-corrected chi connectivity index (χ3v) is 3.18. The molecule has 0 fully saturated rings. The zero-order chi connectivity index (χ0) is 14.7. The fourth-order valence-corrected chi connectivity index (χ4v) is 2.10. The van der Waals surface area contributed by atoms with Crippen molar-refractivity contribution < 1.29 is 9.13 Å². The third-order valence-electron chi connectivity index (χ3n) is 3.18. The van der Waals surface area contributed by atoms with Gasteiger partial charge in [0.1, 0.15) is 0 Å². The highest BCUT2D eigenvalue weighted by Gasteiger charge is 2.04. The van der Waals surface area contributed by atoms with Crippen LogP contribution in [0.4, 0.5) is 10.1 Å². The normalized spacial score (nSPS) is 10.6. The SMILES string of the molecule is COc1ccc(CNc2ccc3nccnc3c2)cc1F. The molecule has 1 aromatic heterocycles. The van der Waals surface area contributed by atoms with E-state index in [2.05, 4.69) is 15.3 Å². The first-order valence-corrected chi connectivity index (χ1v) is 6.53. The molecule has 0 radical (unpaired) electrons. The number of nitrogens with one attached hydrogen (secondary N) is 1. The Hall–Kier alpha value is -2.69. The van der Waals surface area contributed by atoms with Crippen LogP contribution in [-0.2, 0) is 6.54 Å². The summed E-state index contributed by atoms with van der Waals surface area (Å²) in [5.74, 6) is -0.110. The summed E-state index contributed by atoms with van der Waals surface area (Å²) >= 11 is 0. The van der Waals surface area contributed by atoms with Crippen molar-refractivity contribution in [3.8, 4) is 5.75 Å². The predicted molar refractivity (Wildman–Crippen MR) is 79.8 cm³/mol. The topological polar surface area (TPSA) is 47.0 Å². The van der Waals surface area contributed by atoms with Crippen LogP contribution in [0.25, 0.3) is 11.0 Å². The lowest BCUT2D eigenvalue weighted by Crippen LogP contribution is -2.00. The van der Waals surface area contributed by atoms with E-state index in [0.717, 1.165) is 22.3 Å². The first-order chi connectivity index (χ1) is 10.3. The number of halogens is 1. The van der Waals surface area contributed by atoms with Crippen molar-refractivity contribution in [1.82, 2.24) is 9.97 Å². The Balaban J connectivity index is 1.75. The molecule has 0 atom stereocenters. The van der Waals surface area contributed by atoms with Crippen LogP contribution in [0.2, 0.25) is 0 Å². The zero-order valence-corrected chi connectivity index (χ0v) is 11.5. The Morgan fingerprint density at radius 3 is 2.62 bits per heavy atom. The van der Waals surface area contributed by atoms with Crippen molar-refractivity contribution >= 4 is 16.7 Å². The second kappa shape index (κ2) is 5.75. The minimum absolute atomic E-state index is 0.250. The Labute approximate surface area is 121 Å². The number of benzene rings is 2. The number of ether oxygens (including phenoxy) is 1. The summed E-state index contributed by atoms with van der Waals surface area (Å²) in [4.78, 5) is 8.47. The molecule has 21 heavy (non-hydrogen) atoms. The first-order valence-electron chi connectivity index (χ1n) is 6.53. The summed E-state index contributed by atoms with van der Waals surface area (Å²) in [7, 11) is 1.45. The molecule has 0 saturated heterocycles. The van der Waals surface area contributed by atoms with E-state index in [0.29, 0.717) is 6.54 Å². The van der Waals surface area contributed by atoms with Crippen LogP contribution in [0.15, 0.2) is 48.8 Å². The molecule has 0 bridgehead atoms. The number of nitrogens with zero attached hydrogens (tertiary/aromatic N) is 2. The molecular formula is C16H14FN3O. The lowest BCUT2D eigenvalue weighted by Gasteiger charge is -2.08. The van der Waals surface area contributed by atoms with Gasteiger partial charge in [0, 0.05) is 24.6 Å². The van der Waals surface area contributed by atoms with Crippen LogP contribution in [0.3, 0.4) is 0 Å². The van der Waals surface area contributed by atoms with Gasteiger partial charge in [-0.1, -0.05) is 6.07 Å². The maximum Gasteiger partial charge on any atom is 0.165 e. The zero-order valence-electron chi connectivity index (χ0n) is 11.5. The van der Waals surface area contributed by atoms with Crippen LogP contribution < -0.4 is 10.1 Å². The van der Waals surface area contributed by atoms with E-state index in [1.807, 2.05) is 24.3 Å². The van der Waals surface area contributed by atoms with Gasteiger partial charge in [-0.3, -0.25) is 9.97 Å². The minimum atomic E-state index is -0.360. The van der Waals surface area contributed by atoms with E-state index >= 15 is 0 Å².